The van der Waals surface area contributed by atoms with Crippen LogP contribution in [0.25, 0.3) is 17.0 Å². The number of benzene rings is 1. The molecule has 4 heterocycles. The molecule has 0 saturated heterocycles. The van der Waals surface area contributed by atoms with Crippen LogP contribution in [0.2, 0.25) is 0 Å². The lowest BCUT2D eigenvalue weighted by Gasteiger charge is -2.08. The first-order valence-corrected chi connectivity index (χ1v) is 11.6. The summed E-state index contributed by atoms with van der Waals surface area (Å²) in [6.07, 6.45) is 3.05. The van der Waals surface area contributed by atoms with Crippen LogP contribution in [0, 0.1) is 5.82 Å². The molecule has 0 atom stereocenters. The highest BCUT2D eigenvalue weighted by Gasteiger charge is 2.30. The molecule has 4 aromatic heterocycles. The second-order valence-corrected chi connectivity index (χ2v) is 9.32. The fourth-order valence-electron chi connectivity index (χ4n) is 3.50. The molecular weight excluding hydrogens is 433 g/mol. The van der Waals surface area contributed by atoms with Gasteiger partial charge in [0.1, 0.15) is 16.7 Å². The van der Waals surface area contributed by atoms with Crippen LogP contribution in [0.4, 0.5) is 4.39 Å². The summed E-state index contributed by atoms with van der Waals surface area (Å²) in [4.78, 5) is 1.27. The molecule has 0 amide bonds. The fourth-order valence-corrected chi connectivity index (χ4v) is 5.08. The van der Waals surface area contributed by atoms with E-state index in [9.17, 15) is 4.39 Å². The molecule has 0 N–H and O–H groups in total. The minimum atomic E-state index is -0.358. The van der Waals surface area contributed by atoms with Crippen LogP contribution in [0.15, 0.2) is 64.1 Å². The normalized spacial score (nSPS) is 13.8. The average Bonchev–Trinajstić information content (AvgIpc) is 3.16. The Morgan fingerprint density at radius 3 is 2.71 bits per heavy atom. The Bertz CT molecular complexity index is 1370. The molecule has 154 valence electrons. The van der Waals surface area contributed by atoms with E-state index in [0.717, 1.165) is 35.3 Å². The molecule has 1 aliphatic rings. The molecule has 1 fully saturated rings. The summed E-state index contributed by atoms with van der Waals surface area (Å²) in [7, 11) is 0. The maximum absolute atomic E-state index is 14.3. The van der Waals surface area contributed by atoms with Gasteiger partial charge in [0.05, 0.1) is 5.56 Å². The van der Waals surface area contributed by atoms with Crippen LogP contribution in [-0.4, -0.2) is 34.6 Å². The third-order valence-electron chi connectivity index (χ3n) is 5.11. The smallest absolute Gasteiger partial charge is 0.197 e. The average molecular weight is 450 g/mol. The second-order valence-electron chi connectivity index (χ2n) is 7.30. The summed E-state index contributed by atoms with van der Waals surface area (Å²) in [6, 6.07) is 14.8. The van der Waals surface area contributed by atoms with Crippen molar-refractivity contribution in [1.29, 1.82) is 0 Å². The van der Waals surface area contributed by atoms with Crippen molar-refractivity contribution in [2.45, 2.75) is 35.5 Å². The number of fused-ring (bicyclic) bond motifs is 1. The minimum absolute atomic E-state index is 0.358. The van der Waals surface area contributed by atoms with Gasteiger partial charge in [-0.05, 0) is 60.3 Å². The highest BCUT2D eigenvalue weighted by molar-refractivity contribution is 7.99. The lowest BCUT2D eigenvalue weighted by atomic mass is 10.2. The Kier molecular flexibility index (Phi) is 4.53. The summed E-state index contributed by atoms with van der Waals surface area (Å²) in [5.74, 6) is 0.991. The number of hydrogen-bond donors (Lipinski definition) is 0. The van der Waals surface area contributed by atoms with E-state index in [0.29, 0.717) is 23.1 Å². The first-order chi connectivity index (χ1) is 15.3. The molecular formula is C21H16FN7S2. The van der Waals surface area contributed by atoms with Crippen LogP contribution in [0.3, 0.4) is 0 Å². The van der Waals surface area contributed by atoms with Crippen molar-refractivity contribution >= 4 is 28.7 Å². The maximum atomic E-state index is 14.3. The van der Waals surface area contributed by atoms with E-state index in [1.807, 2.05) is 12.1 Å². The molecule has 1 aromatic carbocycles. The maximum Gasteiger partial charge on any atom is 0.197 e. The molecule has 6 rings (SSSR count). The van der Waals surface area contributed by atoms with Crippen molar-refractivity contribution < 1.29 is 4.39 Å². The molecule has 0 spiro atoms. The van der Waals surface area contributed by atoms with Gasteiger partial charge >= 0.3 is 0 Å². The van der Waals surface area contributed by atoms with E-state index in [1.165, 1.54) is 22.7 Å². The van der Waals surface area contributed by atoms with E-state index >= 15 is 0 Å². The summed E-state index contributed by atoms with van der Waals surface area (Å²) in [5, 5.41) is 25.5. The Morgan fingerprint density at radius 1 is 1.00 bits per heavy atom. The van der Waals surface area contributed by atoms with Gasteiger partial charge in [-0.2, -0.15) is 9.61 Å². The highest BCUT2D eigenvalue weighted by Crippen LogP contribution is 2.40. The molecule has 1 aliphatic carbocycles. The van der Waals surface area contributed by atoms with Gasteiger partial charge in [-0.15, -0.1) is 31.7 Å². The molecule has 1 saturated carbocycles. The third-order valence-corrected chi connectivity index (χ3v) is 6.87. The lowest BCUT2D eigenvalue weighted by molar-refractivity contribution is 0.628. The van der Waals surface area contributed by atoms with Crippen molar-refractivity contribution in [2.24, 2.45) is 0 Å². The van der Waals surface area contributed by atoms with Crippen molar-refractivity contribution in [2.75, 3.05) is 0 Å². The van der Waals surface area contributed by atoms with E-state index in [-0.39, 0.29) is 5.82 Å². The molecule has 7 nitrogen and oxygen atoms in total. The summed E-state index contributed by atoms with van der Waals surface area (Å²) >= 11 is 3.18. The molecule has 0 radical (unpaired) electrons. The Morgan fingerprint density at radius 2 is 1.90 bits per heavy atom. The first kappa shape index (κ1) is 18.6. The number of hydrogen-bond acceptors (Lipinski definition) is 7. The van der Waals surface area contributed by atoms with E-state index < -0.39 is 0 Å². The van der Waals surface area contributed by atoms with E-state index in [2.05, 4.69) is 47.6 Å². The zero-order valence-electron chi connectivity index (χ0n) is 16.2. The monoisotopic (exact) mass is 449 g/mol. The molecule has 5 aromatic rings. The number of thiophene rings is 1. The topological polar surface area (TPSA) is 73.8 Å². The summed E-state index contributed by atoms with van der Waals surface area (Å²) in [5.41, 5.74) is 0.925. The van der Waals surface area contributed by atoms with Crippen LogP contribution in [0.5, 0.6) is 0 Å². The van der Waals surface area contributed by atoms with Gasteiger partial charge in [0, 0.05) is 17.3 Å². The van der Waals surface area contributed by atoms with E-state index in [1.54, 1.807) is 34.1 Å². The molecule has 0 aliphatic heterocycles. The summed E-state index contributed by atoms with van der Waals surface area (Å²) in [6.45, 7) is 0. The van der Waals surface area contributed by atoms with Crippen molar-refractivity contribution in [3.63, 3.8) is 0 Å². The van der Waals surface area contributed by atoms with Crippen molar-refractivity contribution in [1.82, 2.24) is 34.6 Å². The largest absolute Gasteiger partial charge is 0.302 e. The number of halogens is 1. The zero-order valence-corrected chi connectivity index (χ0v) is 17.9. The van der Waals surface area contributed by atoms with Crippen LogP contribution in [-0.2, 0) is 6.42 Å². The Hall–Kier alpha value is -3.11. The van der Waals surface area contributed by atoms with Crippen molar-refractivity contribution in [3.8, 4) is 11.4 Å². The molecule has 10 heteroatoms. The minimum Gasteiger partial charge on any atom is -0.302 e. The van der Waals surface area contributed by atoms with Crippen molar-refractivity contribution in [3.05, 3.63) is 70.4 Å². The number of rotatable bonds is 6. The van der Waals surface area contributed by atoms with Gasteiger partial charge in [0.25, 0.3) is 0 Å². The van der Waals surface area contributed by atoms with Gasteiger partial charge < -0.3 is 4.57 Å². The molecule has 0 bridgehead atoms. The van der Waals surface area contributed by atoms with E-state index in [4.69, 9.17) is 0 Å². The quantitative estimate of drug-likeness (QED) is 0.375. The number of nitrogens with zero attached hydrogens (tertiary/aromatic N) is 7. The van der Waals surface area contributed by atoms with Crippen LogP contribution >= 0.6 is 23.1 Å². The predicted molar refractivity (Wildman–Crippen MR) is 116 cm³/mol. The molecule has 0 unspecified atom stereocenters. The van der Waals surface area contributed by atoms with Gasteiger partial charge in [0.15, 0.2) is 16.6 Å². The number of aromatic nitrogens is 7. The van der Waals surface area contributed by atoms with Crippen LogP contribution in [0.1, 0.15) is 29.6 Å². The predicted octanol–water partition coefficient (Wildman–Crippen LogP) is 4.66. The van der Waals surface area contributed by atoms with Crippen LogP contribution < -0.4 is 0 Å². The Labute approximate surface area is 185 Å². The molecule has 31 heavy (non-hydrogen) atoms. The SMILES string of the molecule is Fc1ccccc1-c1nnc2ccc(Sc3nnc(Cc4cccs4)n3C3CC3)nn12. The second kappa shape index (κ2) is 7.54. The fraction of sp³-hybridized carbons (Fsp3) is 0.190. The van der Waals surface area contributed by atoms with Gasteiger partial charge in [-0.1, -0.05) is 18.2 Å². The zero-order chi connectivity index (χ0) is 20.8. The highest BCUT2D eigenvalue weighted by atomic mass is 32.2. The standard InChI is InChI=1S/C21H16FN7S2/c22-16-6-2-1-5-15(16)20-25-23-17-9-10-19(27-29(17)20)31-21-26-24-18(28(21)13-7-8-13)12-14-4-3-11-30-14/h1-6,9-11,13H,7-8,12H2. The van der Waals surface area contributed by atoms with Gasteiger partial charge in [-0.25, -0.2) is 4.39 Å². The van der Waals surface area contributed by atoms with Gasteiger partial charge in [-0.3, -0.25) is 0 Å². The lowest BCUT2D eigenvalue weighted by Crippen LogP contribution is -2.04. The van der Waals surface area contributed by atoms with Gasteiger partial charge in [0.2, 0.25) is 0 Å². The summed E-state index contributed by atoms with van der Waals surface area (Å²) < 4.78 is 18.1. The Balaban J connectivity index is 1.36. The third kappa shape index (κ3) is 3.51. The first-order valence-electron chi connectivity index (χ1n) is 9.87.